The average Bonchev–Trinajstić information content (AvgIpc) is 2.63. The molecule has 0 aliphatic carbocycles. The lowest BCUT2D eigenvalue weighted by Crippen LogP contribution is -2.13. The normalized spacial score (nSPS) is 10.5. The highest BCUT2D eigenvalue weighted by Crippen LogP contribution is 2.29. The highest BCUT2D eigenvalue weighted by Gasteiger charge is 2.12. The van der Waals surface area contributed by atoms with Crippen molar-refractivity contribution < 1.29 is 4.79 Å². The van der Waals surface area contributed by atoms with Crippen molar-refractivity contribution in [1.82, 2.24) is 9.97 Å². The first kappa shape index (κ1) is 18.2. The number of aromatic nitrogens is 2. The molecule has 2 N–H and O–H groups in total. The van der Waals surface area contributed by atoms with Gasteiger partial charge in [0.1, 0.15) is 0 Å². The molecule has 1 aromatic heterocycles. The van der Waals surface area contributed by atoms with Crippen LogP contribution in [0.4, 0.5) is 17.3 Å². The molecule has 2 aromatic carbocycles. The number of anilines is 3. The maximum absolute atomic E-state index is 12.3. The van der Waals surface area contributed by atoms with Crippen LogP contribution in [0, 0.1) is 13.8 Å². The van der Waals surface area contributed by atoms with Gasteiger partial charge in [0.15, 0.2) is 0 Å². The van der Waals surface area contributed by atoms with Gasteiger partial charge in [-0.15, -0.1) is 0 Å². The number of halogens is 2. The summed E-state index contributed by atoms with van der Waals surface area (Å²) in [6, 6.07) is 11.0. The average molecular weight is 387 g/mol. The first-order valence-electron chi connectivity index (χ1n) is 7.86. The van der Waals surface area contributed by atoms with Crippen LogP contribution in [0.5, 0.6) is 0 Å². The van der Waals surface area contributed by atoms with Crippen LogP contribution in [-0.4, -0.2) is 15.9 Å². The van der Waals surface area contributed by atoms with Crippen molar-refractivity contribution in [3.8, 4) is 0 Å². The second kappa shape index (κ2) is 7.72. The maximum Gasteiger partial charge on any atom is 0.258 e. The number of hydrogen-bond acceptors (Lipinski definition) is 4. The van der Waals surface area contributed by atoms with Gasteiger partial charge < -0.3 is 10.6 Å². The molecular weight excluding hydrogens is 371 g/mol. The van der Waals surface area contributed by atoms with Crippen molar-refractivity contribution in [2.75, 3.05) is 10.6 Å². The van der Waals surface area contributed by atoms with E-state index in [4.69, 9.17) is 23.2 Å². The van der Waals surface area contributed by atoms with E-state index < -0.39 is 0 Å². The molecule has 0 atom stereocenters. The van der Waals surface area contributed by atoms with Gasteiger partial charge in [-0.3, -0.25) is 4.79 Å². The van der Waals surface area contributed by atoms with Crippen molar-refractivity contribution >= 4 is 46.4 Å². The predicted octanol–water partition coefficient (Wildman–Crippen LogP) is 5.40. The van der Waals surface area contributed by atoms with Crippen molar-refractivity contribution in [2.45, 2.75) is 13.8 Å². The Labute approximate surface area is 161 Å². The summed E-state index contributed by atoms with van der Waals surface area (Å²) in [7, 11) is 0. The Morgan fingerprint density at radius 2 is 1.62 bits per heavy atom. The number of nitrogens with zero attached hydrogens (tertiary/aromatic N) is 2. The molecule has 0 fully saturated rings. The number of amides is 1. The zero-order valence-corrected chi connectivity index (χ0v) is 15.7. The van der Waals surface area contributed by atoms with Crippen LogP contribution in [0.15, 0.2) is 48.8 Å². The molecule has 0 aliphatic heterocycles. The summed E-state index contributed by atoms with van der Waals surface area (Å²) in [6.07, 6.45) is 2.91. The summed E-state index contributed by atoms with van der Waals surface area (Å²) in [6.45, 7) is 4.06. The molecule has 7 heteroatoms. The minimum absolute atomic E-state index is 0.289. The van der Waals surface area contributed by atoms with Gasteiger partial charge in [-0.1, -0.05) is 41.4 Å². The number of benzene rings is 2. The number of carbonyl (C=O) groups excluding carboxylic acids is 1. The SMILES string of the molecule is Cc1cccc(Nc2ncc(C(=O)Nc3cccc(Cl)c3Cl)cn2)c1C. The Bertz CT molecular complexity index is 958. The first-order chi connectivity index (χ1) is 12.5. The zero-order chi connectivity index (χ0) is 18.7. The number of rotatable bonds is 4. The third-order valence-electron chi connectivity index (χ3n) is 3.96. The van der Waals surface area contributed by atoms with E-state index in [0.717, 1.165) is 11.3 Å². The summed E-state index contributed by atoms with van der Waals surface area (Å²) in [4.78, 5) is 20.7. The quantitative estimate of drug-likeness (QED) is 0.629. The Morgan fingerprint density at radius 3 is 2.35 bits per heavy atom. The Kier molecular flexibility index (Phi) is 5.40. The molecule has 0 bridgehead atoms. The highest BCUT2D eigenvalue weighted by atomic mass is 35.5. The molecule has 0 saturated carbocycles. The van der Waals surface area contributed by atoms with Crippen molar-refractivity contribution in [1.29, 1.82) is 0 Å². The molecule has 0 unspecified atom stereocenters. The summed E-state index contributed by atoms with van der Waals surface area (Å²) in [5, 5.41) is 6.51. The van der Waals surface area contributed by atoms with Crippen LogP contribution in [0.1, 0.15) is 21.5 Å². The number of hydrogen-bond donors (Lipinski definition) is 2. The molecule has 1 amide bonds. The van der Waals surface area contributed by atoms with Gasteiger partial charge in [0, 0.05) is 18.1 Å². The highest BCUT2D eigenvalue weighted by molar-refractivity contribution is 6.44. The smallest absolute Gasteiger partial charge is 0.258 e. The lowest BCUT2D eigenvalue weighted by atomic mass is 10.1. The Balaban J connectivity index is 1.74. The number of nitrogens with one attached hydrogen (secondary N) is 2. The summed E-state index contributed by atoms with van der Waals surface area (Å²) in [5.41, 5.74) is 3.96. The Hall–Kier alpha value is -2.63. The molecule has 0 aliphatic rings. The molecule has 1 heterocycles. The molecule has 3 rings (SSSR count). The molecule has 0 spiro atoms. The van der Waals surface area contributed by atoms with E-state index in [1.165, 1.54) is 18.0 Å². The van der Waals surface area contributed by atoms with Gasteiger partial charge in [0.25, 0.3) is 5.91 Å². The largest absolute Gasteiger partial charge is 0.324 e. The lowest BCUT2D eigenvalue weighted by molar-refractivity contribution is 0.102. The van der Waals surface area contributed by atoms with E-state index in [2.05, 4.69) is 20.6 Å². The summed E-state index contributed by atoms with van der Waals surface area (Å²) in [5.74, 6) is 0.0449. The molecule has 132 valence electrons. The van der Waals surface area contributed by atoms with Crippen LogP contribution in [0.3, 0.4) is 0 Å². The van der Waals surface area contributed by atoms with Gasteiger partial charge >= 0.3 is 0 Å². The van der Waals surface area contributed by atoms with Crippen LogP contribution >= 0.6 is 23.2 Å². The monoisotopic (exact) mass is 386 g/mol. The molecule has 0 radical (unpaired) electrons. The third-order valence-corrected chi connectivity index (χ3v) is 4.78. The van der Waals surface area contributed by atoms with Gasteiger partial charge in [-0.2, -0.15) is 0 Å². The predicted molar refractivity (Wildman–Crippen MR) is 106 cm³/mol. The van der Waals surface area contributed by atoms with Gasteiger partial charge in [0.05, 0.1) is 21.3 Å². The minimum atomic E-state index is -0.368. The van der Waals surface area contributed by atoms with Crippen LogP contribution in [0.25, 0.3) is 0 Å². The van der Waals surface area contributed by atoms with Crippen LogP contribution in [0.2, 0.25) is 10.0 Å². The Morgan fingerprint density at radius 1 is 0.962 bits per heavy atom. The fourth-order valence-corrected chi connectivity index (χ4v) is 2.66. The van der Waals surface area contributed by atoms with Gasteiger partial charge in [-0.05, 0) is 43.2 Å². The van der Waals surface area contributed by atoms with Crippen molar-refractivity contribution in [3.05, 3.63) is 75.5 Å². The molecule has 0 saturated heterocycles. The van der Waals surface area contributed by atoms with E-state index in [0.29, 0.717) is 22.2 Å². The van der Waals surface area contributed by atoms with Crippen LogP contribution in [-0.2, 0) is 0 Å². The van der Waals surface area contributed by atoms with Crippen LogP contribution < -0.4 is 10.6 Å². The third kappa shape index (κ3) is 3.95. The van der Waals surface area contributed by atoms with E-state index in [9.17, 15) is 4.79 Å². The fourth-order valence-electron chi connectivity index (χ4n) is 2.31. The second-order valence-electron chi connectivity index (χ2n) is 5.72. The van der Waals surface area contributed by atoms with E-state index >= 15 is 0 Å². The topological polar surface area (TPSA) is 66.9 Å². The fraction of sp³-hybridized carbons (Fsp3) is 0.105. The second-order valence-corrected chi connectivity index (χ2v) is 6.51. The van der Waals surface area contributed by atoms with Gasteiger partial charge in [0.2, 0.25) is 5.95 Å². The zero-order valence-electron chi connectivity index (χ0n) is 14.2. The van der Waals surface area contributed by atoms with Crippen molar-refractivity contribution in [3.63, 3.8) is 0 Å². The van der Waals surface area contributed by atoms with E-state index in [1.54, 1.807) is 18.2 Å². The van der Waals surface area contributed by atoms with Crippen molar-refractivity contribution in [2.24, 2.45) is 0 Å². The molecule has 3 aromatic rings. The first-order valence-corrected chi connectivity index (χ1v) is 8.62. The molecular formula is C19H16Cl2N4O. The maximum atomic E-state index is 12.3. The standard InChI is InChI=1S/C19H16Cl2N4O/c1-11-5-3-7-15(12(11)2)25-19-22-9-13(10-23-19)18(26)24-16-8-4-6-14(20)17(16)21/h3-10H,1-2H3,(H,24,26)(H,22,23,25). The summed E-state index contributed by atoms with van der Waals surface area (Å²) < 4.78 is 0. The number of aryl methyl sites for hydroxylation is 1. The molecule has 26 heavy (non-hydrogen) atoms. The van der Waals surface area contributed by atoms with E-state index in [1.807, 2.05) is 32.0 Å². The summed E-state index contributed by atoms with van der Waals surface area (Å²) >= 11 is 12.0. The van der Waals surface area contributed by atoms with E-state index in [-0.39, 0.29) is 10.9 Å². The minimum Gasteiger partial charge on any atom is -0.324 e. The molecule has 5 nitrogen and oxygen atoms in total. The van der Waals surface area contributed by atoms with Gasteiger partial charge in [-0.25, -0.2) is 9.97 Å². The number of carbonyl (C=O) groups is 1. The lowest BCUT2D eigenvalue weighted by Gasteiger charge is -2.11.